The topological polar surface area (TPSA) is 61.8 Å². The largest absolute Gasteiger partial charge is 0.386 e. The lowest BCUT2D eigenvalue weighted by atomic mass is 10.0. The predicted octanol–water partition coefficient (Wildman–Crippen LogP) is -0.591. The number of amides is 2. The molecule has 0 bridgehead atoms. The van der Waals surface area contributed by atoms with Crippen LogP contribution in [0.4, 0.5) is 4.79 Å². The quantitative estimate of drug-likeness (QED) is 0.609. The molecule has 1 aliphatic heterocycles. The molecular formula is C8H16N2O3. The van der Waals surface area contributed by atoms with Crippen molar-refractivity contribution in [3.63, 3.8) is 0 Å². The molecule has 5 nitrogen and oxygen atoms in total. The van der Waals surface area contributed by atoms with Gasteiger partial charge in [-0.25, -0.2) is 4.79 Å². The van der Waals surface area contributed by atoms with Crippen LogP contribution in [0.25, 0.3) is 0 Å². The molecule has 1 heterocycles. The van der Waals surface area contributed by atoms with Gasteiger partial charge in [0.15, 0.2) is 0 Å². The van der Waals surface area contributed by atoms with Crippen LogP contribution in [0.15, 0.2) is 0 Å². The molecule has 0 aromatic carbocycles. The Balaban J connectivity index is 2.29. The number of nitrogens with one attached hydrogen (secondary N) is 1. The summed E-state index contributed by atoms with van der Waals surface area (Å²) in [7, 11) is 3.31. The second-order valence-electron chi connectivity index (χ2n) is 3.58. The Morgan fingerprint density at radius 3 is 2.85 bits per heavy atom. The van der Waals surface area contributed by atoms with Crippen molar-refractivity contribution >= 4 is 6.03 Å². The summed E-state index contributed by atoms with van der Waals surface area (Å²) in [6.07, 6.45) is 0.584. The number of nitrogens with zero attached hydrogens (tertiary/aromatic N) is 1. The van der Waals surface area contributed by atoms with Crippen molar-refractivity contribution in [3.8, 4) is 0 Å². The highest BCUT2D eigenvalue weighted by Crippen LogP contribution is 2.16. The molecule has 1 aliphatic rings. The summed E-state index contributed by atoms with van der Waals surface area (Å²) in [6.45, 7) is 1.12. The van der Waals surface area contributed by atoms with Gasteiger partial charge in [0.2, 0.25) is 0 Å². The number of ether oxygens (including phenoxy) is 1. The number of carbonyl (C=O) groups excluding carboxylic acids is 1. The van der Waals surface area contributed by atoms with E-state index in [1.807, 2.05) is 0 Å². The fourth-order valence-electron chi connectivity index (χ4n) is 1.13. The second-order valence-corrected chi connectivity index (χ2v) is 3.58. The molecule has 0 aromatic heterocycles. The van der Waals surface area contributed by atoms with Crippen molar-refractivity contribution in [3.05, 3.63) is 0 Å². The van der Waals surface area contributed by atoms with Crippen LogP contribution >= 0.6 is 0 Å². The molecule has 0 aromatic rings. The van der Waals surface area contributed by atoms with E-state index >= 15 is 0 Å². The van der Waals surface area contributed by atoms with Crippen molar-refractivity contribution in [1.29, 1.82) is 0 Å². The average molecular weight is 188 g/mol. The lowest BCUT2D eigenvalue weighted by molar-refractivity contribution is 0.0285. The molecule has 1 rings (SSSR count). The molecule has 76 valence electrons. The minimum atomic E-state index is -0.869. The van der Waals surface area contributed by atoms with E-state index in [9.17, 15) is 9.90 Å². The maximum atomic E-state index is 11.1. The Hall–Kier alpha value is -0.810. The molecule has 1 saturated heterocycles. The van der Waals surface area contributed by atoms with Gasteiger partial charge in [0.25, 0.3) is 0 Å². The standard InChI is InChI=1S/C8H16N2O3/c1-10(2)7(11)9-5-8(12)3-4-13-6-8/h12H,3-6H2,1-2H3,(H,9,11). The van der Waals surface area contributed by atoms with Crippen molar-refractivity contribution < 1.29 is 14.6 Å². The Morgan fingerprint density at radius 1 is 1.69 bits per heavy atom. The molecule has 5 heteroatoms. The average Bonchev–Trinajstić information content (AvgIpc) is 2.48. The highest BCUT2D eigenvalue weighted by Gasteiger charge is 2.32. The first-order chi connectivity index (χ1) is 6.03. The number of rotatable bonds is 2. The van der Waals surface area contributed by atoms with Gasteiger partial charge in [0.05, 0.1) is 13.2 Å². The van der Waals surface area contributed by atoms with Gasteiger partial charge in [-0.2, -0.15) is 0 Å². The molecule has 13 heavy (non-hydrogen) atoms. The van der Waals surface area contributed by atoms with Crippen molar-refractivity contribution in [2.24, 2.45) is 0 Å². The maximum absolute atomic E-state index is 11.1. The van der Waals surface area contributed by atoms with Crippen molar-refractivity contribution in [2.75, 3.05) is 33.9 Å². The highest BCUT2D eigenvalue weighted by molar-refractivity contribution is 5.73. The summed E-state index contributed by atoms with van der Waals surface area (Å²) in [5, 5.41) is 12.4. The van der Waals surface area contributed by atoms with E-state index in [0.717, 1.165) is 0 Å². The Kier molecular flexibility index (Phi) is 3.11. The molecule has 0 spiro atoms. The summed E-state index contributed by atoms with van der Waals surface area (Å²) in [5.74, 6) is 0. The molecular weight excluding hydrogens is 172 g/mol. The minimum Gasteiger partial charge on any atom is -0.386 e. The van der Waals surface area contributed by atoms with Gasteiger partial charge >= 0.3 is 6.03 Å². The normalized spacial score (nSPS) is 27.3. The van der Waals surface area contributed by atoms with E-state index in [0.29, 0.717) is 19.6 Å². The SMILES string of the molecule is CN(C)C(=O)NCC1(O)CCOC1. The fraction of sp³-hybridized carbons (Fsp3) is 0.875. The van der Waals surface area contributed by atoms with Gasteiger partial charge in [-0.15, -0.1) is 0 Å². The van der Waals surface area contributed by atoms with Gasteiger partial charge in [0, 0.05) is 27.1 Å². The van der Waals surface area contributed by atoms with Crippen LogP contribution in [0.2, 0.25) is 0 Å². The maximum Gasteiger partial charge on any atom is 0.316 e. The molecule has 0 aliphatic carbocycles. The van der Waals surface area contributed by atoms with Crippen LogP contribution in [-0.2, 0) is 4.74 Å². The fourth-order valence-corrected chi connectivity index (χ4v) is 1.13. The third-order valence-corrected chi connectivity index (χ3v) is 2.06. The summed E-state index contributed by atoms with van der Waals surface area (Å²) in [4.78, 5) is 12.5. The first kappa shape index (κ1) is 10.3. The van der Waals surface area contributed by atoms with Gasteiger partial charge in [-0.1, -0.05) is 0 Å². The third kappa shape index (κ3) is 2.86. The van der Waals surface area contributed by atoms with Crippen LogP contribution in [-0.4, -0.2) is 55.5 Å². The van der Waals surface area contributed by atoms with E-state index in [1.165, 1.54) is 4.90 Å². The lowest BCUT2D eigenvalue weighted by Crippen LogP contribution is -2.46. The molecule has 1 atom stereocenters. The Morgan fingerprint density at radius 2 is 2.38 bits per heavy atom. The molecule has 2 amide bonds. The number of aliphatic hydroxyl groups is 1. The zero-order valence-corrected chi connectivity index (χ0v) is 8.04. The third-order valence-electron chi connectivity index (χ3n) is 2.06. The van der Waals surface area contributed by atoms with Crippen LogP contribution in [0, 0.1) is 0 Å². The molecule has 2 N–H and O–H groups in total. The number of hydrogen-bond donors (Lipinski definition) is 2. The summed E-state index contributed by atoms with van der Waals surface area (Å²) < 4.78 is 5.04. The minimum absolute atomic E-state index is 0.194. The first-order valence-electron chi connectivity index (χ1n) is 4.29. The zero-order chi connectivity index (χ0) is 9.90. The van der Waals surface area contributed by atoms with E-state index in [2.05, 4.69) is 5.32 Å². The highest BCUT2D eigenvalue weighted by atomic mass is 16.5. The lowest BCUT2D eigenvalue weighted by Gasteiger charge is -2.22. The van der Waals surface area contributed by atoms with Crippen LogP contribution in [0.1, 0.15) is 6.42 Å². The smallest absolute Gasteiger partial charge is 0.316 e. The van der Waals surface area contributed by atoms with Crippen LogP contribution in [0.3, 0.4) is 0 Å². The Labute approximate surface area is 77.7 Å². The van der Waals surface area contributed by atoms with E-state index in [4.69, 9.17) is 4.74 Å². The first-order valence-corrected chi connectivity index (χ1v) is 4.29. The van der Waals surface area contributed by atoms with Crippen LogP contribution < -0.4 is 5.32 Å². The van der Waals surface area contributed by atoms with Crippen molar-refractivity contribution in [2.45, 2.75) is 12.0 Å². The summed E-state index contributed by atoms with van der Waals surface area (Å²) >= 11 is 0. The van der Waals surface area contributed by atoms with E-state index in [1.54, 1.807) is 14.1 Å². The monoisotopic (exact) mass is 188 g/mol. The second kappa shape index (κ2) is 3.93. The predicted molar refractivity (Wildman–Crippen MR) is 47.5 cm³/mol. The number of carbonyl (C=O) groups is 1. The zero-order valence-electron chi connectivity index (χ0n) is 8.04. The van der Waals surface area contributed by atoms with E-state index in [-0.39, 0.29) is 12.6 Å². The van der Waals surface area contributed by atoms with Gasteiger partial charge < -0.3 is 20.1 Å². The van der Waals surface area contributed by atoms with Crippen LogP contribution in [0.5, 0.6) is 0 Å². The molecule has 1 fully saturated rings. The van der Waals surface area contributed by atoms with E-state index < -0.39 is 5.60 Å². The molecule has 1 unspecified atom stereocenters. The number of hydrogen-bond acceptors (Lipinski definition) is 3. The van der Waals surface area contributed by atoms with Crippen molar-refractivity contribution in [1.82, 2.24) is 10.2 Å². The molecule has 0 radical (unpaired) electrons. The van der Waals surface area contributed by atoms with Gasteiger partial charge in [-0.05, 0) is 0 Å². The molecule has 0 saturated carbocycles. The summed E-state index contributed by atoms with van der Waals surface area (Å²) in [5.41, 5.74) is -0.869. The van der Waals surface area contributed by atoms with Gasteiger partial charge in [-0.3, -0.25) is 0 Å². The van der Waals surface area contributed by atoms with Gasteiger partial charge in [0.1, 0.15) is 5.60 Å². The number of urea groups is 1. The summed E-state index contributed by atoms with van der Waals surface area (Å²) in [6, 6.07) is -0.194. The Bertz CT molecular complexity index is 188.